The Hall–Kier alpha value is -1.42. The molecule has 1 N–H and O–H groups in total. The molecule has 0 amide bonds. The number of methoxy groups -OCH3 is 2. The summed E-state index contributed by atoms with van der Waals surface area (Å²) in [7, 11) is 3.36. The van der Waals surface area contributed by atoms with E-state index in [0.717, 1.165) is 42.2 Å². The molecule has 1 aromatic carbocycles. The fraction of sp³-hybridized carbons (Fsp3) is 0.667. The minimum absolute atomic E-state index is 0.168. The van der Waals surface area contributed by atoms with Gasteiger partial charge in [0.2, 0.25) is 0 Å². The lowest BCUT2D eigenvalue weighted by atomic mass is 9.86. The third-order valence-electron chi connectivity index (χ3n) is 4.39. The monoisotopic (exact) mass is 307 g/mol. The summed E-state index contributed by atoms with van der Waals surface area (Å²) in [4.78, 5) is 0. The SMILES string of the molecule is CCC1(C)CC(NCC(C)C)c2c(OC)cc(OC)cc2O1. The number of hydrogen-bond donors (Lipinski definition) is 1. The van der Waals surface area contributed by atoms with Crippen LogP contribution >= 0.6 is 0 Å². The molecule has 0 saturated heterocycles. The third-order valence-corrected chi connectivity index (χ3v) is 4.39. The Balaban J connectivity index is 2.44. The molecule has 4 heteroatoms. The molecule has 2 atom stereocenters. The molecule has 0 bridgehead atoms. The highest BCUT2D eigenvalue weighted by molar-refractivity contribution is 5.53. The van der Waals surface area contributed by atoms with E-state index in [1.165, 1.54) is 0 Å². The molecule has 1 aliphatic rings. The van der Waals surface area contributed by atoms with E-state index < -0.39 is 0 Å². The lowest BCUT2D eigenvalue weighted by Gasteiger charge is -2.40. The maximum Gasteiger partial charge on any atom is 0.132 e. The first kappa shape index (κ1) is 16.9. The number of benzene rings is 1. The van der Waals surface area contributed by atoms with E-state index in [0.29, 0.717) is 5.92 Å². The van der Waals surface area contributed by atoms with Crippen LogP contribution < -0.4 is 19.5 Å². The first-order valence-electron chi connectivity index (χ1n) is 8.10. The van der Waals surface area contributed by atoms with Gasteiger partial charge in [0, 0.05) is 24.6 Å². The molecule has 22 heavy (non-hydrogen) atoms. The Morgan fingerprint density at radius 2 is 2.05 bits per heavy atom. The Labute approximate surface area is 134 Å². The first-order chi connectivity index (χ1) is 10.4. The average Bonchev–Trinajstić information content (AvgIpc) is 2.50. The summed E-state index contributed by atoms with van der Waals surface area (Å²) in [6, 6.07) is 4.13. The molecular formula is C18H29NO3. The smallest absolute Gasteiger partial charge is 0.132 e. The van der Waals surface area contributed by atoms with Crippen molar-refractivity contribution in [3.05, 3.63) is 17.7 Å². The van der Waals surface area contributed by atoms with E-state index in [-0.39, 0.29) is 11.6 Å². The van der Waals surface area contributed by atoms with Gasteiger partial charge >= 0.3 is 0 Å². The van der Waals surface area contributed by atoms with E-state index in [1.54, 1.807) is 14.2 Å². The van der Waals surface area contributed by atoms with Gasteiger partial charge in [0.1, 0.15) is 22.8 Å². The van der Waals surface area contributed by atoms with Gasteiger partial charge in [-0.1, -0.05) is 20.8 Å². The van der Waals surface area contributed by atoms with Gasteiger partial charge in [-0.05, 0) is 25.8 Å². The predicted molar refractivity (Wildman–Crippen MR) is 89.1 cm³/mol. The summed E-state index contributed by atoms with van der Waals surface area (Å²) < 4.78 is 17.3. The topological polar surface area (TPSA) is 39.7 Å². The quantitative estimate of drug-likeness (QED) is 0.864. The second-order valence-electron chi connectivity index (χ2n) is 6.71. The summed E-state index contributed by atoms with van der Waals surface area (Å²) in [5.74, 6) is 3.06. The molecule has 0 radical (unpaired) electrons. The normalized spacial score (nSPS) is 23.9. The van der Waals surface area contributed by atoms with Crippen LogP contribution in [0, 0.1) is 5.92 Å². The van der Waals surface area contributed by atoms with Crippen molar-refractivity contribution in [1.29, 1.82) is 0 Å². The van der Waals surface area contributed by atoms with Crippen molar-refractivity contribution >= 4 is 0 Å². The lowest BCUT2D eigenvalue weighted by molar-refractivity contribution is 0.0424. The maximum atomic E-state index is 6.29. The van der Waals surface area contributed by atoms with Crippen molar-refractivity contribution in [3.8, 4) is 17.2 Å². The molecular weight excluding hydrogens is 278 g/mol. The van der Waals surface area contributed by atoms with Crippen LogP contribution in [0.15, 0.2) is 12.1 Å². The van der Waals surface area contributed by atoms with Gasteiger partial charge in [0.05, 0.1) is 19.8 Å². The molecule has 1 heterocycles. The highest BCUT2D eigenvalue weighted by atomic mass is 16.5. The van der Waals surface area contributed by atoms with E-state index in [2.05, 4.69) is 33.0 Å². The van der Waals surface area contributed by atoms with Gasteiger partial charge in [-0.2, -0.15) is 0 Å². The fourth-order valence-corrected chi connectivity index (χ4v) is 2.90. The van der Waals surface area contributed by atoms with Crippen LogP contribution in [0.25, 0.3) is 0 Å². The second kappa shape index (κ2) is 6.78. The summed E-state index contributed by atoms with van der Waals surface area (Å²) in [6.45, 7) is 9.75. The zero-order valence-electron chi connectivity index (χ0n) is 14.7. The Kier molecular flexibility index (Phi) is 5.22. The predicted octanol–water partition coefficient (Wildman–Crippen LogP) is 3.94. The molecule has 1 aliphatic heterocycles. The fourth-order valence-electron chi connectivity index (χ4n) is 2.90. The summed E-state index contributed by atoms with van der Waals surface area (Å²) in [5.41, 5.74) is 0.939. The van der Waals surface area contributed by atoms with Crippen molar-refractivity contribution in [1.82, 2.24) is 5.32 Å². The van der Waals surface area contributed by atoms with Gasteiger partial charge in [0.15, 0.2) is 0 Å². The van der Waals surface area contributed by atoms with E-state index in [4.69, 9.17) is 14.2 Å². The van der Waals surface area contributed by atoms with Crippen LogP contribution in [0.1, 0.15) is 52.1 Å². The van der Waals surface area contributed by atoms with Gasteiger partial charge in [-0.15, -0.1) is 0 Å². The highest BCUT2D eigenvalue weighted by Gasteiger charge is 2.38. The minimum Gasteiger partial charge on any atom is -0.496 e. The first-order valence-corrected chi connectivity index (χ1v) is 8.10. The second-order valence-corrected chi connectivity index (χ2v) is 6.71. The molecule has 0 saturated carbocycles. The summed E-state index contributed by atoms with van der Waals surface area (Å²) >= 11 is 0. The highest BCUT2D eigenvalue weighted by Crippen LogP contribution is 2.47. The van der Waals surface area contributed by atoms with Gasteiger partial charge in [-0.3, -0.25) is 0 Å². The molecule has 2 rings (SSSR count). The molecule has 1 aromatic rings. The molecule has 0 fully saturated rings. The number of fused-ring (bicyclic) bond motifs is 1. The van der Waals surface area contributed by atoms with E-state index in [1.807, 2.05) is 12.1 Å². The maximum absolute atomic E-state index is 6.29. The number of ether oxygens (including phenoxy) is 3. The Bertz CT molecular complexity index is 515. The average molecular weight is 307 g/mol. The lowest BCUT2D eigenvalue weighted by Crippen LogP contribution is -2.42. The molecule has 2 unspecified atom stereocenters. The number of hydrogen-bond acceptors (Lipinski definition) is 4. The standard InChI is InChI=1S/C18H29NO3/c1-7-18(4)10-14(19-11-12(2)3)17-15(21-6)8-13(20-5)9-16(17)22-18/h8-9,12,14,19H,7,10-11H2,1-6H3. The van der Waals surface area contributed by atoms with Crippen molar-refractivity contribution in [2.75, 3.05) is 20.8 Å². The Morgan fingerprint density at radius 3 is 2.59 bits per heavy atom. The minimum atomic E-state index is -0.168. The van der Waals surface area contributed by atoms with Crippen molar-refractivity contribution in [3.63, 3.8) is 0 Å². The largest absolute Gasteiger partial charge is 0.496 e. The number of nitrogens with one attached hydrogen (secondary N) is 1. The zero-order chi connectivity index (χ0) is 16.3. The van der Waals surface area contributed by atoms with Crippen LogP contribution in [-0.2, 0) is 0 Å². The molecule has 124 valence electrons. The van der Waals surface area contributed by atoms with Crippen LogP contribution in [-0.4, -0.2) is 26.4 Å². The van der Waals surface area contributed by atoms with Crippen molar-refractivity contribution in [2.45, 2.75) is 52.2 Å². The molecule has 0 spiro atoms. The van der Waals surface area contributed by atoms with E-state index in [9.17, 15) is 0 Å². The zero-order valence-corrected chi connectivity index (χ0v) is 14.7. The van der Waals surface area contributed by atoms with Crippen molar-refractivity contribution < 1.29 is 14.2 Å². The van der Waals surface area contributed by atoms with Crippen LogP contribution in [0.4, 0.5) is 0 Å². The van der Waals surface area contributed by atoms with Crippen LogP contribution in [0.3, 0.4) is 0 Å². The van der Waals surface area contributed by atoms with E-state index >= 15 is 0 Å². The summed E-state index contributed by atoms with van der Waals surface area (Å²) in [5, 5.41) is 3.68. The third kappa shape index (κ3) is 3.49. The molecule has 0 aliphatic carbocycles. The van der Waals surface area contributed by atoms with Crippen LogP contribution in [0.2, 0.25) is 0 Å². The summed E-state index contributed by atoms with van der Waals surface area (Å²) in [6.07, 6.45) is 1.90. The van der Waals surface area contributed by atoms with Crippen molar-refractivity contribution in [2.24, 2.45) is 5.92 Å². The number of rotatable bonds is 6. The molecule has 0 aromatic heterocycles. The molecule has 4 nitrogen and oxygen atoms in total. The van der Waals surface area contributed by atoms with Crippen LogP contribution in [0.5, 0.6) is 17.2 Å². The van der Waals surface area contributed by atoms with Gasteiger partial charge in [0.25, 0.3) is 0 Å². The van der Waals surface area contributed by atoms with Gasteiger partial charge in [-0.25, -0.2) is 0 Å². The van der Waals surface area contributed by atoms with Gasteiger partial charge < -0.3 is 19.5 Å². The Morgan fingerprint density at radius 1 is 1.32 bits per heavy atom.